The molecule has 1 heterocycles. The molecule has 1 aromatic rings. The van der Waals surface area contributed by atoms with Crippen LogP contribution in [-0.4, -0.2) is 30.4 Å². The van der Waals surface area contributed by atoms with E-state index in [-0.39, 0.29) is 5.13 Å². The first-order chi connectivity index (χ1) is 7.79. The maximum atomic E-state index is 11.1. The van der Waals surface area contributed by atoms with E-state index in [1.165, 1.54) is 0 Å². The second kappa shape index (κ2) is 4.99. The number of nitrogens with two attached hydrogens (primary N) is 2. The molecule has 0 bridgehead atoms. The van der Waals surface area contributed by atoms with Gasteiger partial charge < -0.3 is 5.73 Å². The van der Waals surface area contributed by atoms with E-state index in [0.717, 1.165) is 12.2 Å². The van der Waals surface area contributed by atoms with Gasteiger partial charge in [0.05, 0.1) is 0 Å². The highest BCUT2D eigenvalue weighted by atomic mass is 32.2. The van der Waals surface area contributed by atoms with Gasteiger partial charge in [-0.05, 0) is 0 Å². The number of amides is 2. The monoisotopic (exact) mass is 277 g/mol. The van der Waals surface area contributed by atoms with Crippen LogP contribution in [0.3, 0.4) is 0 Å². The lowest BCUT2D eigenvalue weighted by molar-refractivity contribution is -0.115. The first-order valence-electron chi connectivity index (χ1n) is 3.94. The van der Waals surface area contributed by atoms with Gasteiger partial charge in [0, 0.05) is 12.2 Å². The summed E-state index contributed by atoms with van der Waals surface area (Å²) in [4.78, 5) is 21.5. The molecule has 0 fully saturated rings. The number of rotatable bonds is 4. The number of hydrogen-bond acceptors (Lipinski definition) is 7. The van der Waals surface area contributed by atoms with Gasteiger partial charge in [-0.2, -0.15) is 0 Å². The fourth-order valence-electron chi connectivity index (χ4n) is 0.680. The van der Waals surface area contributed by atoms with E-state index in [9.17, 15) is 18.0 Å². The summed E-state index contributed by atoms with van der Waals surface area (Å²) in [7, 11) is -3.94. The molecule has 0 spiro atoms. The molecule has 0 radical (unpaired) electrons. The third-order valence-corrected chi connectivity index (χ3v) is 3.43. The number of nitrogens with one attached hydrogen (secondary N) is 1. The molecule has 0 atom stereocenters. The highest BCUT2D eigenvalue weighted by Gasteiger charge is 2.15. The van der Waals surface area contributed by atoms with Crippen molar-refractivity contribution in [1.82, 2.24) is 10.2 Å². The van der Waals surface area contributed by atoms with E-state index in [4.69, 9.17) is 10.9 Å². The third kappa shape index (κ3) is 4.26. The molecule has 0 aromatic carbocycles. The smallest absolute Gasteiger partial charge is 0.267 e. The van der Waals surface area contributed by atoms with E-state index in [2.05, 4.69) is 15.5 Å². The average molecular weight is 277 g/mol. The van der Waals surface area contributed by atoms with E-state index >= 15 is 0 Å². The molecule has 17 heavy (non-hydrogen) atoms. The van der Waals surface area contributed by atoms with Crippen LogP contribution in [0.25, 0.3) is 0 Å². The zero-order valence-corrected chi connectivity index (χ0v) is 9.79. The largest absolute Gasteiger partial charge is 0.366 e. The highest BCUT2D eigenvalue weighted by molar-refractivity contribution is 7.91. The number of carbonyl (C=O) groups excluding carboxylic acids is 2. The Morgan fingerprint density at radius 2 is 1.94 bits per heavy atom. The Kier molecular flexibility index (Phi) is 3.88. The van der Waals surface area contributed by atoms with Crippen molar-refractivity contribution in [3.8, 4) is 0 Å². The van der Waals surface area contributed by atoms with Crippen LogP contribution >= 0.6 is 11.3 Å². The molecule has 1 aromatic heterocycles. The minimum absolute atomic E-state index is 0.0619. The summed E-state index contributed by atoms with van der Waals surface area (Å²) in [5.41, 5.74) is 4.77. The third-order valence-electron chi connectivity index (χ3n) is 1.28. The minimum Gasteiger partial charge on any atom is -0.366 e. The fourth-order valence-corrected chi connectivity index (χ4v) is 2.02. The Hall–Kier alpha value is -1.85. The SMILES string of the molecule is NC(=O)/C=C\C(=O)Nc1nnc(S(N)(=O)=O)s1. The fraction of sp³-hybridized carbons (Fsp3) is 0. The van der Waals surface area contributed by atoms with E-state index < -0.39 is 26.2 Å². The van der Waals surface area contributed by atoms with Crippen molar-refractivity contribution in [3.05, 3.63) is 12.2 Å². The Balaban J connectivity index is 2.74. The Bertz CT molecular complexity index is 575. The number of primary amides is 1. The summed E-state index contributed by atoms with van der Waals surface area (Å²) in [5.74, 6) is -1.48. The molecule has 5 N–H and O–H groups in total. The number of primary sulfonamides is 1. The van der Waals surface area contributed by atoms with Crippen LogP contribution in [-0.2, 0) is 19.6 Å². The summed E-state index contributed by atoms with van der Waals surface area (Å²) >= 11 is 0.585. The summed E-state index contributed by atoms with van der Waals surface area (Å²) in [6.07, 6.45) is 1.72. The van der Waals surface area contributed by atoms with Crippen LogP contribution in [0.15, 0.2) is 16.5 Å². The van der Waals surface area contributed by atoms with Gasteiger partial charge in [-0.3, -0.25) is 14.9 Å². The minimum atomic E-state index is -3.94. The highest BCUT2D eigenvalue weighted by Crippen LogP contribution is 2.18. The van der Waals surface area contributed by atoms with Crippen molar-refractivity contribution in [2.75, 3.05) is 5.32 Å². The predicted octanol–water partition coefficient (Wildman–Crippen LogP) is -1.83. The van der Waals surface area contributed by atoms with Gasteiger partial charge in [-0.15, -0.1) is 10.2 Å². The van der Waals surface area contributed by atoms with E-state index in [1.54, 1.807) is 0 Å². The molecule has 92 valence electrons. The lowest BCUT2D eigenvalue weighted by atomic mass is 10.4. The molecule has 1 rings (SSSR count). The molecule has 0 aliphatic heterocycles. The van der Waals surface area contributed by atoms with Gasteiger partial charge in [0.25, 0.3) is 10.0 Å². The molecule has 0 saturated carbocycles. The van der Waals surface area contributed by atoms with Crippen molar-refractivity contribution < 1.29 is 18.0 Å². The summed E-state index contributed by atoms with van der Waals surface area (Å²) in [5, 5.41) is 13.5. The van der Waals surface area contributed by atoms with Crippen molar-refractivity contribution in [2.45, 2.75) is 4.34 Å². The van der Waals surface area contributed by atoms with Gasteiger partial charge in [0.1, 0.15) is 0 Å². The number of anilines is 1. The standard InChI is InChI=1S/C6H7N5O4S2/c7-3(12)1-2-4(13)9-5-10-11-6(16-5)17(8,14)15/h1-2H,(H2,7,12)(H2,8,14,15)(H,9,10,13)/b2-1-. The van der Waals surface area contributed by atoms with Crippen LogP contribution in [0.2, 0.25) is 0 Å². The normalized spacial score (nSPS) is 11.6. The summed E-state index contributed by atoms with van der Waals surface area (Å²) < 4.78 is 21.3. The zero-order valence-electron chi connectivity index (χ0n) is 8.15. The Morgan fingerprint density at radius 3 is 2.41 bits per heavy atom. The summed E-state index contributed by atoms with van der Waals surface area (Å²) in [6, 6.07) is 0. The molecular formula is C6H7N5O4S2. The van der Waals surface area contributed by atoms with Crippen molar-refractivity contribution in [3.63, 3.8) is 0 Å². The van der Waals surface area contributed by atoms with Gasteiger partial charge in [-0.1, -0.05) is 11.3 Å². The van der Waals surface area contributed by atoms with Crippen LogP contribution in [0.1, 0.15) is 0 Å². The van der Waals surface area contributed by atoms with Crippen LogP contribution in [0.4, 0.5) is 5.13 Å². The molecule has 11 heteroatoms. The van der Waals surface area contributed by atoms with Crippen LogP contribution in [0, 0.1) is 0 Å². The quantitative estimate of drug-likeness (QED) is 0.433. The number of nitrogens with zero attached hydrogens (tertiary/aromatic N) is 2. The molecule has 9 nitrogen and oxygen atoms in total. The average Bonchev–Trinajstić information content (AvgIpc) is 2.62. The molecule has 0 aliphatic carbocycles. The Labute approximate surface area is 99.6 Å². The molecule has 0 unspecified atom stereocenters. The topological polar surface area (TPSA) is 158 Å². The van der Waals surface area contributed by atoms with Crippen molar-refractivity contribution in [1.29, 1.82) is 0 Å². The zero-order chi connectivity index (χ0) is 13.1. The summed E-state index contributed by atoms with van der Waals surface area (Å²) in [6.45, 7) is 0. The first-order valence-corrected chi connectivity index (χ1v) is 6.30. The second-order valence-corrected chi connectivity index (χ2v) is 5.36. The van der Waals surface area contributed by atoms with Gasteiger partial charge in [0.15, 0.2) is 0 Å². The Morgan fingerprint density at radius 1 is 1.29 bits per heavy atom. The number of aromatic nitrogens is 2. The van der Waals surface area contributed by atoms with Crippen molar-refractivity contribution >= 4 is 38.3 Å². The molecular weight excluding hydrogens is 270 g/mol. The maximum Gasteiger partial charge on any atom is 0.267 e. The first kappa shape index (κ1) is 13.2. The van der Waals surface area contributed by atoms with E-state index in [0.29, 0.717) is 11.3 Å². The van der Waals surface area contributed by atoms with Gasteiger partial charge in [-0.25, -0.2) is 13.6 Å². The second-order valence-electron chi connectivity index (χ2n) is 2.64. The molecule has 0 aliphatic rings. The number of sulfonamides is 1. The number of hydrogen-bond donors (Lipinski definition) is 3. The van der Waals surface area contributed by atoms with Gasteiger partial charge >= 0.3 is 0 Å². The maximum absolute atomic E-state index is 11.1. The van der Waals surface area contributed by atoms with Crippen LogP contribution in [0.5, 0.6) is 0 Å². The molecule has 2 amide bonds. The van der Waals surface area contributed by atoms with E-state index in [1.807, 2.05) is 0 Å². The lowest BCUT2D eigenvalue weighted by Gasteiger charge is -1.92. The van der Waals surface area contributed by atoms with Crippen molar-refractivity contribution in [2.24, 2.45) is 10.9 Å². The molecule has 0 saturated heterocycles. The lowest BCUT2D eigenvalue weighted by Crippen LogP contribution is -2.11. The predicted molar refractivity (Wildman–Crippen MR) is 58.2 cm³/mol. The van der Waals surface area contributed by atoms with Gasteiger partial charge in [0.2, 0.25) is 21.3 Å². The van der Waals surface area contributed by atoms with Crippen LogP contribution < -0.4 is 16.2 Å². The number of carbonyl (C=O) groups is 2.